The molecule has 0 aliphatic rings. The van der Waals surface area contributed by atoms with Crippen molar-refractivity contribution < 1.29 is 4.74 Å². The van der Waals surface area contributed by atoms with E-state index in [2.05, 4.69) is 9.97 Å². The first-order valence-corrected chi connectivity index (χ1v) is 6.84. The summed E-state index contributed by atoms with van der Waals surface area (Å²) in [5.41, 5.74) is 1.09. The van der Waals surface area contributed by atoms with Crippen LogP contribution in [0.4, 0.5) is 0 Å². The SMILES string of the molecule is Cc1[nH]c(=O)[nH]c(=O)c1Cc1ccc(OC(C)(C)C)cc1. The maximum absolute atomic E-state index is 11.8. The molecule has 0 saturated heterocycles. The molecule has 0 fully saturated rings. The molecular formula is C16H20N2O3. The normalized spacial score (nSPS) is 11.4. The van der Waals surface area contributed by atoms with E-state index in [1.54, 1.807) is 6.92 Å². The van der Waals surface area contributed by atoms with Gasteiger partial charge in [0.05, 0.1) is 0 Å². The number of aromatic nitrogens is 2. The monoisotopic (exact) mass is 288 g/mol. The van der Waals surface area contributed by atoms with Crippen LogP contribution in [0, 0.1) is 6.92 Å². The van der Waals surface area contributed by atoms with Crippen molar-refractivity contribution >= 4 is 0 Å². The largest absolute Gasteiger partial charge is 0.488 e. The predicted octanol–water partition coefficient (Wildman–Crippen LogP) is 2.14. The fraction of sp³-hybridized carbons (Fsp3) is 0.375. The molecule has 2 rings (SSSR count). The molecule has 0 aliphatic carbocycles. The Balaban J connectivity index is 2.22. The van der Waals surface area contributed by atoms with Crippen molar-refractivity contribution in [3.05, 3.63) is 61.9 Å². The molecule has 0 aliphatic heterocycles. The average Bonchev–Trinajstić information content (AvgIpc) is 2.34. The highest BCUT2D eigenvalue weighted by Gasteiger charge is 2.12. The van der Waals surface area contributed by atoms with Crippen molar-refractivity contribution in [3.8, 4) is 5.75 Å². The maximum Gasteiger partial charge on any atom is 0.325 e. The summed E-state index contributed by atoms with van der Waals surface area (Å²) in [6.45, 7) is 7.70. The Hall–Kier alpha value is -2.30. The van der Waals surface area contributed by atoms with Crippen molar-refractivity contribution in [2.45, 2.75) is 39.7 Å². The molecule has 21 heavy (non-hydrogen) atoms. The van der Waals surface area contributed by atoms with Crippen LogP contribution in [0.15, 0.2) is 33.9 Å². The van der Waals surface area contributed by atoms with Crippen LogP contribution >= 0.6 is 0 Å². The lowest BCUT2D eigenvalue weighted by molar-refractivity contribution is 0.131. The molecule has 1 aromatic carbocycles. The first-order chi connectivity index (χ1) is 9.74. The third kappa shape index (κ3) is 4.08. The second-order valence-electron chi connectivity index (χ2n) is 6.05. The van der Waals surface area contributed by atoms with Gasteiger partial charge in [-0.15, -0.1) is 0 Å². The Morgan fingerprint density at radius 1 is 1.05 bits per heavy atom. The third-order valence-corrected chi connectivity index (χ3v) is 2.98. The van der Waals surface area contributed by atoms with Crippen LogP contribution in [0.2, 0.25) is 0 Å². The summed E-state index contributed by atoms with van der Waals surface area (Å²) in [7, 11) is 0. The fourth-order valence-corrected chi connectivity index (χ4v) is 2.07. The van der Waals surface area contributed by atoms with Gasteiger partial charge >= 0.3 is 5.69 Å². The quantitative estimate of drug-likeness (QED) is 0.908. The smallest absolute Gasteiger partial charge is 0.325 e. The van der Waals surface area contributed by atoms with Crippen LogP contribution in [0.3, 0.4) is 0 Å². The number of ether oxygens (including phenoxy) is 1. The highest BCUT2D eigenvalue weighted by atomic mass is 16.5. The molecule has 0 saturated carbocycles. The van der Waals surface area contributed by atoms with Crippen molar-refractivity contribution in [2.24, 2.45) is 0 Å². The van der Waals surface area contributed by atoms with Gasteiger partial charge in [-0.05, 0) is 45.4 Å². The summed E-state index contributed by atoms with van der Waals surface area (Å²) in [5, 5.41) is 0. The molecule has 0 spiro atoms. The Bertz CT molecular complexity index is 734. The van der Waals surface area contributed by atoms with Crippen molar-refractivity contribution in [2.75, 3.05) is 0 Å². The first kappa shape index (κ1) is 15.1. The van der Waals surface area contributed by atoms with E-state index < -0.39 is 5.69 Å². The van der Waals surface area contributed by atoms with E-state index in [0.29, 0.717) is 17.7 Å². The minimum atomic E-state index is -0.477. The molecule has 0 unspecified atom stereocenters. The zero-order chi connectivity index (χ0) is 15.6. The van der Waals surface area contributed by atoms with Gasteiger partial charge in [-0.3, -0.25) is 9.78 Å². The van der Waals surface area contributed by atoms with Gasteiger partial charge in [-0.25, -0.2) is 4.79 Å². The summed E-state index contributed by atoms with van der Waals surface area (Å²) >= 11 is 0. The van der Waals surface area contributed by atoms with Crippen LogP contribution in [-0.4, -0.2) is 15.6 Å². The Morgan fingerprint density at radius 3 is 2.19 bits per heavy atom. The van der Waals surface area contributed by atoms with E-state index in [1.807, 2.05) is 45.0 Å². The summed E-state index contributed by atoms with van der Waals surface area (Å²) < 4.78 is 5.75. The molecule has 1 heterocycles. The van der Waals surface area contributed by atoms with E-state index >= 15 is 0 Å². The Kier molecular flexibility index (Phi) is 4.02. The van der Waals surface area contributed by atoms with Crippen LogP contribution < -0.4 is 16.0 Å². The minimum absolute atomic E-state index is 0.242. The Morgan fingerprint density at radius 2 is 1.67 bits per heavy atom. The number of hydrogen-bond donors (Lipinski definition) is 2. The van der Waals surface area contributed by atoms with Gasteiger partial charge in [0.25, 0.3) is 5.56 Å². The Labute approximate surface area is 123 Å². The lowest BCUT2D eigenvalue weighted by atomic mass is 10.0. The second-order valence-corrected chi connectivity index (χ2v) is 6.05. The van der Waals surface area contributed by atoms with E-state index in [0.717, 1.165) is 11.3 Å². The minimum Gasteiger partial charge on any atom is -0.488 e. The number of aryl methyl sites for hydroxylation is 1. The zero-order valence-corrected chi connectivity index (χ0v) is 12.7. The number of rotatable bonds is 3. The molecule has 0 bridgehead atoms. The predicted molar refractivity (Wildman–Crippen MR) is 82.0 cm³/mol. The number of hydrogen-bond acceptors (Lipinski definition) is 3. The van der Waals surface area contributed by atoms with Gasteiger partial charge < -0.3 is 9.72 Å². The maximum atomic E-state index is 11.8. The summed E-state index contributed by atoms with van der Waals surface area (Å²) in [6.07, 6.45) is 0.466. The van der Waals surface area contributed by atoms with Crippen LogP contribution in [0.25, 0.3) is 0 Å². The van der Waals surface area contributed by atoms with E-state index in [9.17, 15) is 9.59 Å². The molecule has 2 aromatic rings. The van der Waals surface area contributed by atoms with Gasteiger partial charge in [0.1, 0.15) is 11.4 Å². The lowest BCUT2D eigenvalue weighted by Crippen LogP contribution is -2.27. The van der Waals surface area contributed by atoms with Gasteiger partial charge in [0, 0.05) is 17.7 Å². The van der Waals surface area contributed by atoms with Gasteiger partial charge in [-0.2, -0.15) is 0 Å². The highest BCUT2D eigenvalue weighted by Crippen LogP contribution is 2.19. The van der Waals surface area contributed by atoms with Crippen molar-refractivity contribution in [1.82, 2.24) is 9.97 Å². The summed E-state index contributed by atoms with van der Waals surface area (Å²) in [5.74, 6) is 0.790. The third-order valence-electron chi connectivity index (χ3n) is 2.98. The van der Waals surface area contributed by atoms with Gasteiger partial charge in [-0.1, -0.05) is 12.1 Å². The molecule has 1 aromatic heterocycles. The molecule has 5 nitrogen and oxygen atoms in total. The van der Waals surface area contributed by atoms with Crippen LogP contribution in [0.5, 0.6) is 5.75 Å². The average molecular weight is 288 g/mol. The molecule has 0 radical (unpaired) electrons. The fourth-order valence-electron chi connectivity index (χ4n) is 2.07. The van der Waals surface area contributed by atoms with Gasteiger partial charge in [0.2, 0.25) is 0 Å². The summed E-state index contributed by atoms with van der Waals surface area (Å²) in [4.78, 5) is 27.8. The number of aromatic amines is 2. The molecule has 5 heteroatoms. The number of benzene rings is 1. The van der Waals surface area contributed by atoms with E-state index in [1.165, 1.54) is 0 Å². The summed E-state index contributed by atoms with van der Waals surface area (Å²) in [6, 6.07) is 7.61. The number of nitrogens with one attached hydrogen (secondary N) is 2. The standard InChI is InChI=1S/C16H20N2O3/c1-10-13(14(19)18-15(20)17-10)9-11-5-7-12(8-6-11)21-16(2,3)4/h5-8H,9H2,1-4H3,(H2,17,18,19,20). The molecular weight excluding hydrogens is 268 g/mol. The topological polar surface area (TPSA) is 75.0 Å². The van der Waals surface area contributed by atoms with Crippen LogP contribution in [-0.2, 0) is 6.42 Å². The highest BCUT2D eigenvalue weighted by molar-refractivity contribution is 5.32. The molecule has 112 valence electrons. The van der Waals surface area contributed by atoms with Crippen molar-refractivity contribution in [1.29, 1.82) is 0 Å². The molecule has 0 amide bonds. The number of H-pyrrole nitrogens is 2. The van der Waals surface area contributed by atoms with Gasteiger partial charge in [0.15, 0.2) is 0 Å². The lowest BCUT2D eigenvalue weighted by Gasteiger charge is -2.21. The van der Waals surface area contributed by atoms with E-state index in [4.69, 9.17) is 4.74 Å². The van der Waals surface area contributed by atoms with Crippen molar-refractivity contribution in [3.63, 3.8) is 0 Å². The second kappa shape index (κ2) is 5.60. The van der Waals surface area contributed by atoms with Crippen LogP contribution in [0.1, 0.15) is 37.6 Å². The first-order valence-electron chi connectivity index (χ1n) is 6.84. The zero-order valence-electron chi connectivity index (χ0n) is 12.7. The molecule has 0 atom stereocenters. The molecule has 2 N–H and O–H groups in total. The van der Waals surface area contributed by atoms with E-state index in [-0.39, 0.29) is 11.2 Å².